The highest BCUT2D eigenvalue weighted by Gasteiger charge is 2.38. The number of ether oxygens (including phenoxy) is 1. The third-order valence-electron chi connectivity index (χ3n) is 6.06. The first-order chi connectivity index (χ1) is 21.4. The maximum Gasteiger partial charge on any atom is 0.490 e. The topological polar surface area (TPSA) is 150 Å². The van der Waals surface area contributed by atoms with E-state index in [1.807, 2.05) is 48.8 Å². The predicted molar refractivity (Wildman–Crippen MR) is 154 cm³/mol. The average Bonchev–Trinajstić information content (AvgIpc) is 3.64. The molecule has 2 aromatic heterocycles. The van der Waals surface area contributed by atoms with Crippen molar-refractivity contribution in [3.8, 4) is 16.9 Å². The van der Waals surface area contributed by atoms with Gasteiger partial charge in [0.25, 0.3) is 5.91 Å². The molecule has 1 amide bonds. The summed E-state index contributed by atoms with van der Waals surface area (Å²) in [6, 6.07) is 14.1. The first-order valence-electron chi connectivity index (χ1n) is 13.2. The van der Waals surface area contributed by atoms with Crippen LogP contribution in [0.25, 0.3) is 22.0 Å². The van der Waals surface area contributed by atoms with E-state index in [0.29, 0.717) is 12.1 Å². The van der Waals surface area contributed by atoms with Gasteiger partial charge in [-0.05, 0) is 49.8 Å². The maximum absolute atomic E-state index is 13.1. The fourth-order valence-electron chi connectivity index (χ4n) is 3.80. The summed E-state index contributed by atoms with van der Waals surface area (Å²) in [6.07, 6.45) is -3.78. The molecular formula is C29H31F6N5O6. The van der Waals surface area contributed by atoms with E-state index in [1.54, 1.807) is 13.3 Å². The number of nitrogens with zero attached hydrogens (tertiary/aromatic N) is 3. The zero-order valence-corrected chi connectivity index (χ0v) is 24.7. The Hall–Kier alpha value is -5.06. The Morgan fingerprint density at radius 2 is 1.61 bits per heavy atom. The van der Waals surface area contributed by atoms with Gasteiger partial charge >= 0.3 is 24.3 Å². The van der Waals surface area contributed by atoms with Gasteiger partial charge in [-0.2, -0.15) is 31.4 Å². The van der Waals surface area contributed by atoms with Crippen molar-refractivity contribution >= 4 is 28.7 Å². The fourth-order valence-corrected chi connectivity index (χ4v) is 3.80. The molecule has 0 aliphatic rings. The van der Waals surface area contributed by atoms with E-state index in [1.165, 1.54) is 0 Å². The van der Waals surface area contributed by atoms with Crippen LogP contribution in [0.4, 0.5) is 26.3 Å². The molecule has 4 rings (SSSR count). The monoisotopic (exact) mass is 659 g/mol. The summed E-state index contributed by atoms with van der Waals surface area (Å²) < 4.78 is 70.9. The number of aliphatic carboxylic acids is 2. The maximum atomic E-state index is 13.1. The Morgan fingerprint density at radius 3 is 2.13 bits per heavy atom. The molecule has 250 valence electrons. The second-order valence-corrected chi connectivity index (χ2v) is 9.72. The lowest BCUT2D eigenvalue weighted by Gasteiger charge is -2.11. The van der Waals surface area contributed by atoms with E-state index in [0.717, 1.165) is 52.9 Å². The minimum Gasteiger partial charge on any atom is -0.497 e. The zero-order valence-electron chi connectivity index (χ0n) is 24.7. The lowest BCUT2D eigenvalue weighted by Crippen LogP contribution is -2.25. The molecule has 0 bridgehead atoms. The number of likely N-dealkylation sites (N-methyl/N-ethyl adjacent to an activating group) is 1. The molecule has 0 spiro atoms. The lowest BCUT2D eigenvalue weighted by molar-refractivity contribution is -0.193. The van der Waals surface area contributed by atoms with Gasteiger partial charge in [0.1, 0.15) is 5.75 Å². The van der Waals surface area contributed by atoms with Crippen LogP contribution in [0.5, 0.6) is 5.75 Å². The molecule has 2 aromatic carbocycles. The lowest BCUT2D eigenvalue weighted by atomic mass is 10.1. The van der Waals surface area contributed by atoms with Crippen LogP contribution in [0.2, 0.25) is 0 Å². The molecule has 0 saturated heterocycles. The van der Waals surface area contributed by atoms with Gasteiger partial charge in [-0.15, -0.1) is 0 Å². The second-order valence-electron chi connectivity index (χ2n) is 9.72. The molecule has 11 nitrogen and oxygen atoms in total. The summed E-state index contributed by atoms with van der Waals surface area (Å²) in [5, 5.41) is 25.2. The third-order valence-corrected chi connectivity index (χ3v) is 6.06. The van der Waals surface area contributed by atoms with E-state index in [4.69, 9.17) is 24.5 Å². The summed E-state index contributed by atoms with van der Waals surface area (Å²) in [4.78, 5) is 33.0. The Bertz CT molecular complexity index is 1580. The first-order valence-corrected chi connectivity index (χ1v) is 13.2. The number of alkyl halides is 6. The van der Waals surface area contributed by atoms with Gasteiger partial charge in [-0.1, -0.05) is 24.3 Å². The molecule has 0 unspecified atom stereocenters. The number of methoxy groups -OCH3 is 1. The molecule has 46 heavy (non-hydrogen) atoms. The van der Waals surface area contributed by atoms with Crippen molar-refractivity contribution in [1.82, 2.24) is 25.0 Å². The van der Waals surface area contributed by atoms with E-state index < -0.39 is 24.3 Å². The minimum atomic E-state index is -5.08. The zero-order chi connectivity index (χ0) is 34.7. The number of benzene rings is 2. The van der Waals surface area contributed by atoms with Crippen molar-refractivity contribution in [2.75, 3.05) is 34.3 Å². The van der Waals surface area contributed by atoms with Gasteiger partial charge in [0.15, 0.2) is 0 Å². The van der Waals surface area contributed by atoms with Crippen molar-refractivity contribution in [2.45, 2.75) is 25.3 Å². The van der Waals surface area contributed by atoms with Crippen LogP contribution in [0, 0.1) is 0 Å². The number of carbonyl (C=O) groups excluding carboxylic acids is 1. The predicted octanol–water partition coefficient (Wildman–Crippen LogP) is 4.84. The number of halogens is 6. The number of carboxylic acid groups (broad SMARTS) is 2. The Labute approximate surface area is 258 Å². The number of fused-ring (bicyclic) bond motifs is 1. The molecule has 2 heterocycles. The van der Waals surface area contributed by atoms with Gasteiger partial charge in [0.2, 0.25) is 0 Å². The first kappa shape index (κ1) is 37.1. The van der Waals surface area contributed by atoms with E-state index in [2.05, 4.69) is 45.1 Å². The van der Waals surface area contributed by atoms with E-state index >= 15 is 0 Å². The van der Waals surface area contributed by atoms with Crippen LogP contribution in [-0.2, 0) is 22.6 Å². The minimum absolute atomic E-state index is 0.0578. The molecular weight excluding hydrogens is 628 g/mol. The number of carboxylic acids is 2. The summed E-state index contributed by atoms with van der Waals surface area (Å²) in [7, 11) is 5.76. The fraction of sp³-hybridized carbons (Fsp3) is 0.310. The van der Waals surface area contributed by atoms with Crippen molar-refractivity contribution in [1.29, 1.82) is 0 Å². The number of carbonyl (C=O) groups is 3. The molecule has 0 fully saturated rings. The van der Waals surface area contributed by atoms with Crippen LogP contribution in [0.3, 0.4) is 0 Å². The van der Waals surface area contributed by atoms with E-state index in [9.17, 15) is 31.1 Å². The van der Waals surface area contributed by atoms with Crippen LogP contribution >= 0.6 is 0 Å². The highest BCUT2D eigenvalue weighted by Crippen LogP contribution is 2.28. The van der Waals surface area contributed by atoms with Gasteiger partial charge in [-0.3, -0.25) is 9.89 Å². The molecule has 0 atom stereocenters. The summed E-state index contributed by atoms with van der Waals surface area (Å²) >= 11 is 0. The summed E-state index contributed by atoms with van der Waals surface area (Å²) in [6.45, 7) is 2.25. The van der Waals surface area contributed by atoms with E-state index in [-0.39, 0.29) is 5.91 Å². The summed E-state index contributed by atoms with van der Waals surface area (Å²) in [5.74, 6) is -4.75. The van der Waals surface area contributed by atoms with Crippen LogP contribution in [0.1, 0.15) is 15.9 Å². The smallest absolute Gasteiger partial charge is 0.490 e. The quantitative estimate of drug-likeness (QED) is 0.187. The number of aromatic amines is 1. The normalized spacial score (nSPS) is 11.3. The van der Waals surface area contributed by atoms with Crippen molar-refractivity contribution in [2.24, 2.45) is 0 Å². The molecule has 0 aliphatic carbocycles. The Kier molecular flexibility index (Phi) is 13.2. The Morgan fingerprint density at radius 1 is 0.978 bits per heavy atom. The Balaban J connectivity index is 0.000000440. The van der Waals surface area contributed by atoms with Crippen LogP contribution < -0.4 is 10.1 Å². The molecule has 0 aliphatic heterocycles. The van der Waals surface area contributed by atoms with Gasteiger partial charge in [-0.25, -0.2) is 9.59 Å². The number of aromatic nitrogens is 3. The molecule has 0 saturated carbocycles. The highest BCUT2D eigenvalue weighted by molar-refractivity contribution is 6.07. The largest absolute Gasteiger partial charge is 0.497 e. The number of amides is 1. The highest BCUT2D eigenvalue weighted by atomic mass is 19.4. The van der Waals surface area contributed by atoms with Crippen molar-refractivity contribution in [3.63, 3.8) is 0 Å². The standard InChI is InChI=1S/C25H29N5O2.2C2HF3O2/c1-29(2)11-12-30-17-23(22-8-7-19(14-24(22)30)20-15-27-28-16-20)25(31)26-10-9-18-5-4-6-21(13-18)32-3;2*3-2(4,5)1(6)7/h4-8,13-17H,9-12H2,1-3H3,(H,26,31)(H,27,28);2*(H,6,7). The second kappa shape index (κ2) is 16.3. The number of hydrogen-bond acceptors (Lipinski definition) is 6. The average molecular weight is 660 g/mol. The number of nitrogens with one attached hydrogen (secondary N) is 2. The van der Waals surface area contributed by atoms with Crippen LogP contribution in [0.15, 0.2) is 61.1 Å². The van der Waals surface area contributed by atoms with Gasteiger partial charge in [0, 0.05) is 48.5 Å². The number of hydrogen-bond donors (Lipinski definition) is 4. The van der Waals surface area contributed by atoms with Crippen molar-refractivity contribution in [3.05, 3.63) is 72.2 Å². The number of H-pyrrole nitrogens is 1. The third kappa shape index (κ3) is 11.5. The molecule has 17 heteroatoms. The molecule has 0 radical (unpaired) electrons. The van der Waals surface area contributed by atoms with Gasteiger partial charge in [0.05, 0.1) is 18.9 Å². The van der Waals surface area contributed by atoms with Crippen LogP contribution in [-0.4, -0.2) is 94.4 Å². The van der Waals surface area contributed by atoms with Gasteiger partial charge < -0.3 is 29.7 Å². The molecule has 4 aromatic rings. The summed E-state index contributed by atoms with van der Waals surface area (Å²) in [5.41, 5.74) is 4.96. The SMILES string of the molecule is COc1cccc(CCNC(=O)c2cn(CCN(C)C)c3cc(-c4cn[nH]c4)ccc23)c1.O=C(O)C(F)(F)F.O=C(O)C(F)(F)F. The molecule has 4 N–H and O–H groups in total. The van der Waals surface area contributed by atoms with Crippen molar-refractivity contribution < 1.29 is 55.7 Å². The number of rotatable bonds is 9.